The molecule has 2 heterocycles. The van der Waals surface area contributed by atoms with Gasteiger partial charge in [0.2, 0.25) is 0 Å². The molecule has 1 aromatic rings. The smallest absolute Gasteiger partial charge is 0.381 e. The number of benzene rings is 1. The van der Waals surface area contributed by atoms with E-state index in [0.717, 1.165) is 11.0 Å². The van der Waals surface area contributed by atoms with Gasteiger partial charge in [0.15, 0.2) is 0 Å². The molecule has 0 aliphatic carbocycles. The molecule has 4 nitrogen and oxygen atoms in total. The summed E-state index contributed by atoms with van der Waals surface area (Å²) < 4.78 is 83.6. The van der Waals surface area contributed by atoms with Crippen molar-refractivity contribution in [3.8, 4) is 0 Å². The summed E-state index contributed by atoms with van der Waals surface area (Å²) >= 11 is 0. The number of carbonyl (C=O) groups excluding carboxylic acids is 2. The van der Waals surface area contributed by atoms with E-state index < -0.39 is 46.4 Å². The third-order valence-corrected chi connectivity index (χ3v) is 4.73. The molecule has 152 valence electrons. The molecule has 2 aliphatic heterocycles. The summed E-state index contributed by atoms with van der Waals surface area (Å²) in [6.45, 7) is 0.944. The van der Waals surface area contributed by atoms with Gasteiger partial charge in [0, 0.05) is 25.8 Å². The Hall–Kier alpha value is -2.36. The largest absolute Gasteiger partial charge is 0.417 e. The Morgan fingerprint density at radius 3 is 2.21 bits per heavy atom. The minimum atomic E-state index is -5.13. The quantitative estimate of drug-likeness (QED) is 0.564. The van der Waals surface area contributed by atoms with E-state index in [-0.39, 0.29) is 18.5 Å². The number of halogens is 6. The van der Waals surface area contributed by atoms with Gasteiger partial charge in [-0.05, 0) is 36.5 Å². The Balaban J connectivity index is 1.93. The fourth-order valence-corrected chi connectivity index (χ4v) is 3.25. The van der Waals surface area contributed by atoms with E-state index in [4.69, 9.17) is 4.74 Å². The number of rotatable bonds is 3. The first-order valence-electron chi connectivity index (χ1n) is 8.42. The summed E-state index contributed by atoms with van der Waals surface area (Å²) in [7, 11) is 0. The standard InChI is InChI=1S/C18H15F6NO3/c19-17(20,21)11-1-2-12(14(7-11)18(22,23)24)13-8-15(26)25(16(13)27)9-10-3-5-28-6-4-10/h1-2,7-8,10H,3-6,9H2. The normalized spacial score (nSPS) is 19.4. The van der Waals surface area contributed by atoms with Crippen molar-refractivity contribution < 1.29 is 40.7 Å². The molecule has 0 saturated carbocycles. The van der Waals surface area contributed by atoms with Crippen LogP contribution in [0, 0.1) is 5.92 Å². The van der Waals surface area contributed by atoms with Crippen molar-refractivity contribution in [2.24, 2.45) is 5.92 Å². The van der Waals surface area contributed by atoms with E-state index in [1.165, 1.54) is 0 Å². The third-order valence-electron chi connectivity index (χ3n) is 4.73. The van der Waals surface area contributed by atoms with Crippen LogP contribution in [0.15, 0.2) is 24.3 Å². The molecule has 0 N–H and O–H groups in total. The minimum absolute atomic E-state index is 0.0308. The van der Waals surface area contributed by atoms with Crippen molar-refractivity contribution in [3.05, 3.63) is 41.0 Å². The molecular weight excluding hydrogens is 392 g/mol. The van der Waals surface area contributed by atoms with Crippen LogP contribution in [0.25, 0.3) is 5.57 Å². The number of hydrogen-bond acceptors (Lipinski definition) is 3. The predicted octanol–water partition coefficient (Wildman–Crippen LogP) is 3.90. The molecule has 0 bridgehead atoms. The lowest BCUT2D eigenvalue weighted by Crippen LogP contribution is -2.37. The van der Waals surface area contributed by atoms with E-state index in [1.807, 2.05) is 0 Å². The number of hydrogen-bond donors (Lipinski definition) is 0. The van der Waals surface area contributed by atoms with Gasteiger partial charge in [-0.2, -0.15) is 26.3 Å². The lowest BCUT2D eigenvalue weighted by Gasteiger charge is -2.26. The Bertz CT molecular complexity index is 822. The highest BCUT2D eigenvalue weighted by molar-refractivity contribution is 6.33. The van der Waals surface area contributed by atoms with E-state index in [2.05, 4.69) is 0 Å². The van der Waals surface area contributed by atoms with Gasteiger partial charge in [0.25, 0.3) is 11.8 Å². The van der Waals surface area contributed by atoms with Crippen molar-refractivity contribution in [2.75, 3.05) is 19.8 Å². The zero-order chi connectivity index (χ0) is 20.7. The first-order chi connectivity index (χ1) is 13.0. The molecule has 3 rings (SSSR count). The van der Waals surface area contributed by atoms with E-state index in [1.54, 1.807) is 0 Å². The highest BCUT2D eigenvalue weighted by atomic mass is 19.4. The Morgan fingerprint density at radius 1 is 1.00 bits per heavy atom. The molecule has 10 heteroatoms. The van der Waals surface area contributed by atoms with Gasteiger partial charge in [0.05, 0.1) is 16.7 Å². The number of carbonyl (C=O) groups is 2. The number of imide groups is 1. The van der Waals surface area contributed by atoms with Gasteiger partial charge in [-0.1, -0.05) is 6.07 Å². The van der Waals surface area contributed by atoms with Crippen LogP contribution in [-0.2, 0) is 26.7 Å². The van der Waals surface area contributed by atoms with Crippen LogP contribution in [0.5, 0.6) is 0 Å². The monoisotopic (exact) mass is 407 g/mol. The molecule has 1 aromatic carbocycles. The molecular formula is C18H15F6NO3. The van der Waals surface area contributed by atoms with Crippen LogP contribution in [0.1, 0.15) is 29.5 Å². The Labute approximate surface area is 155 Å². The Kier molecular flexibility index (Phi) is 5.26. The first-order valence-corrected chi connectivity index (χ1v) is 8.42. The zero-order valence-corrected chi connectivity index (χ0v) is 14.4. The number of amides is 2. The maximum atomic E-state index is 13.3. The Morgan fingerprint density at radius 2 is 1.64 bits per heavy atom. The SMILES string of the molecule is O=C1C=C(c2ccc(C(F)(F)F)cc2C(F)(F)F)C(=O)N1CC1CCOCC1. The van der Waals surface area contributed by atoms with E-state index >= 15 is 0 Å². The molecule has 2 amide bonds. The molecule has 0 radical (unpaired) electrons. The lowest BCUT2D eigenvalue weighted by molar-refractivity contribution is -0.143. The van der Waals surface area contributed by atoms with E-state index in [0.29, 0.717) is 38.2 Å². The average molecular weight is 407 g/mol. The molecule has 0 spiro atoms. The highest BCUT2D eigenvalue weighted by Gasteiger charge is 2.42. The van der Waals surface area contributed by atoms with Gasteiger partial charge < -0.3 is 4.74 Å². The molecule has 0 unspecified atom stereocenters. The maximum Gasteiger partial charge on any atom is 0.417 e. The summed E-state index contributed by atoms with van der Waals surface area (Å²) in [4.78, 5) is 25.6. The number of ether oxygens (including phenoxy) is 1. The first kappa shape index (κ1) is 20.4. The second kappa shape index (κ2) is 7.23. The zero-order valence-electron chi connectivity index (χ0n) is 14.4. The van der Waals surface area contributed by atoms with Gasteiger partial charge in [-0.25, -0.2) is 0 Å². The van der Waals surface area contributed by atoms with Crippen LogP contribution < -0.4 is 0 Å². The van der Waals surface area contributed by atoms with Gasteiger partial charge in [0.1, 0.15) is 0 Å². The fourth-order valence-electron chi connectivity index (χ4n) is 3.25. The van der Waals surface area contributed by atoms with Crippen molar-refractivity contribution >= 4 is 17.4 Å². The highest BCUT2D eigenvalue weighted by Crippen LogP contribution is 2.40. The van der Waals surface area contributed by atoms with Crippen LogP contribution in [0.3, 0.4) is 0 Å². The average Bonchev–Trinajstić information content (AvgIpc) is 2.89. The molecule has 28 heavy (non-hydrogen) atoms. The summed E-state index contributed by atoms with van der Waals surface area (Å²) in [6.07, 6.45) is -8.16. The van der Waals surface area contributed by atoms with Crippen LogP contribution in [-0.4, -0.2) is 36.5 Å². The fraction of sp³-hybridized carbons (Fsp3) is 0.444. The van der Waals surface area contributed by atoms with Crippen molar-refractivity contribution in [1.82, 2.24) is 4.90 Å². The number of alkyl halides is 6. The predicted molar refractivity (Wildman–Crippen MR) is 84.7 cm³/mol. The van der Waals surface area contributed by atoms with Crippen molar-refractivity contribution in [1.29, 1.82) is 0 Å². The van der Waals surface area contributed by atoms with Crippen LogP contribution >= 0.6 is 0 Å². The minimum Gasteiger partial charge on any atom is -0.381 e. The summed E-state index contributed by atoms with van der Waals surface area (Å²) in [6, 6.07) is 1.000. The second-order valence-electron chi connectivity index (χ2n) is 6.62. The summed E-state index contributed by atoms with van der Waals surface area (Å²) in [5, 5.41) is 0. The number of nitrogens with zero attached hydrogens (tertiary/aromatic N) is 1. The maximum absolute atomic E-state index is 13.3. The molecule has 0 aromatic heterocycles. The van der Waals surface area contributed by atoms with E-state index in [9.17, 15) is 35.9 Å². The lowest BCUT2D eigenvalue weighted by atomic mass is 9.96. The third kappa shape index (κ3) is 4.06. The van der Waals surface area contributed by atoms with Crippen molar-refractivity contribution in [3.63, 3.8) is 0 Å². The second-order valence-corrected chi connectivity index (χ2v) is 6.62. The van der Waals surface area contributed by atoms with Gasteiger partial charge in [-0.15, -0.1) is 0 Å². The van der Waals surface area contributed by atoms with Crippen molar-refractivity contribution in [2.45, 2.75) is 25.2 Å². The summed E-state index contributed by atoms with van der Waals surface area (Å²) in [5.41, 5.74) is -4.39. The molecule has 0 atom stereocenters. The topological polar surface area (TPSA) is 46.6 Å². The molecule has 1 saturated heterocycles. The van der Waals surface area contributed by atoms with Crippen LogP contribution in [0.2, 0.25) is 0 Å². The molecule has 2 aliphatic rings. The van der Waals surface area contributed by atoms with Gasteiger partial charge in [-0.3, -0.25) is 14.5 Å². The van der Waals surface area contributed by atoms with Gasteiger partial charge >= 0.3 is 12.4 Å². The summed E-state index contributed by atoms with van der Waals surface area (Å²) in [5.74, 6) is -1.76. The molecule has 1 fully saturated rings. The van der Waals surface area contributed by atoms with Crippen LogP contribution in [0.4, 0.5) is 26.3 Å².